The number of nitrogens with one attached hydrogen (secondary N) is 3. The minimum Gasteiger partial charge on any atom is -0.329 e. The van der Waals surface area contributed by atoms with E-state index in [-0.39, 0.29) is 0 Å². The summed E-state index contributed by atoms with van der Waals surface area (Å²) in [5, 5.41) is 4.63. The molecule has 0 radical (unpaired) electrons. The molecular weight excluding hydrogens is 244 g/mol. The van der Waals surface area contributed by atoms with Crippen LogP contribution in [0, 0.1) is 0 Å². The molecule has 0 aliphatic heterocycles. The lowest BCUT2D eigenvalue weighted by molar-refractivity contribution is 0.491. The third-order valence-electron chi connectivity index (χ3n) is 2.71. The average molecular weight is 272 g/mol. The van der Waals surface area contributed by atoms with Crippen LogP contribution in [0.1, 0.15) is 32.6 Å². The van der Waals surface area contributed by atoms with Crippen LogP contribution in [-0.2, 0) is 0 Å². The third kappa shape index (κ3) is 9.50. The molecule has 0 aliphatic rings. The molecule has 1 unspecified atom stereocenters. The summed E-state index contributed by atoms with van der Waals surface area (Å²) in [7, 11) is 2.03. The number of rotatable bonds is 11. The SMILES string of the molecule is C=CNNCCCCC(CC(=NCC)SC)NC. The monoisotopic (exact) mass is 272 g/mol. The summed E-state index contributed by atoms with van der Waals surface area (Å²) >= 11 is 1.77. The molecule has 0 spiro atoms. The quantitative estimate of drug-likeness (QED) is 0.233. The Hall–Kier alpha value is -0.520. The highest BCUT2D eigenvalue weighted by Gasteiger charge is 2.09. The van der Waals surface area contributed by atoms with E-state index in [2.05, 4.69) is 40.9 Å². The maximum Gasteiger partial charge on any atom is 0.0688 e. The van der Waals surface area contributed by atoms with E-state index >= 15 is 0 Å². The van der Waals surface area contributed by atoms with Crippen molar-refractivity contribution in [2.75, 3.05) is 26.4 Å². The summed E-state index contributed by atoms with van der Waals surface area (Å²) in [5.41, 5.74) is 5.97. The van der Waals surface area contributed by atoms with Gasteiger partial charge in [-0.2, -0.15) is 0 Å². The van der Waals surface area contributed by atoms with Crippen LogP contribution in [0.3, 0.4) is 0 Å². The lowest BCUT2D eigenvalue weighted by Gasteiger charge is -2.16. The number of thioether (sulfide) groups is 1. The minimum atomic E-state index is 0.537. The molecule has 0 aromatic heterocycles. The zero-order valence-corrected chi connectivity index (χ0v) is 12.8. The van der Waals surface area contributed by atoms with E-state index in [0.29, 0.717) is 6.04 Å². The highest BCUT2D eigenvalue weighted by atomic mass is 32.2. The van der Waals surface area contributed by atoms with Crippen molar-refractivity contribution in [1.29, 1.82) is 0 Å². The smallest absolute Gasteiger partial charge is 0.0688 e. The van der Waals surface area contributed by atoms with Gasteiger partial charge in [0.2, 0.25) is 0 Å². The molecule has 5 heteroatoms. The van der Waals surface area contributed by atoms with Gasteiger partial charge in [-0.05, 0) is 33.1 Å². The molecule has 0 saturated carbocycles. The van der Waals surface area contributed by atoms with E-state index in [1.54, 1.807) is 18.0 Å². The Morgan fingerprint density at radius 2 is 2.22 bits per heavy atom. The van der Waals surface area contributed by atoms with Gasteiger partial charge in [-0.25, -0.2) is 5.43 Å². The molecule has 0 aromatic rings. The molecule has 0 bridgehead atoms. The van der Waals surface area contributed by atoms with Crippen LogP contribution in [0.5, 0.6) is 0 Å². The summed E-state index contributed by atoms with van der Waals surface area (Å²) in [6, 6.07) is 0.537. The first-order valence-electron chi connectivity index (χ1n) is 6.62. The second-order valence-electron chi connectivity index (χ2n) is 4.03. The molecule has 4 nitrogen and oxygen atoms in total. The van der Waals surface area contributed by atoms with E-state index < -0.39 is 0 Å². The van der Waals surface area contributed by atoms with E-state index in [4.69, 9.17) is 0 Å². The van der Waals surface area contributed by atoms with Crippen molar-refractivity contribution in [3.63, 3.8) is 0 Å². The van der Waals surface area contributed by atoms with Crippen LogP contribution in [0.2, 0.25) is 0 Å². The van der Waals surface area contributed by atoms with Gasteiger partial charge in [0, 0.05) is 31.8 Å². The van der Waals surface area contributed by atoms with Gasteiger partial charge in [0.15, 0.2) is 0 Å². The molecule has 0 fully saturated rings. The Labute approximate surface area is 116 Å². The first kappa shape index (κ1) is 17.5. The Kier molecular flexibility index (Phi) is 12.6. The Morgan fingerprint density at radius 3 is 2.78 bits per heavy atom. The summed E-state index contributed by atoms with van der Waals surface area (Å²) in [6.45, 7) is 7.52. The van der Waals surface area contributed by atoms with E-state index in [1.165, 1.54) is 24.3 Å². The van der Waals surface area contributed by atoms with Gasteiger partial charge in [-0.15, -0.1) is 11.8 Å². The summed E-state index contributed by atoms with van der Waals surface area (Å²) < 4.78 is 0. The summed E-state index contributed by atoms with van der Waals surface area (Å²) in [6.07, 6.45) is 8.37. The molecule has 0 aliphatic carbocycles. The number of nitrogens with zero attached hydrogens (tertiary/aromatic N) is 1. The van der Waals surface area contributed by atoms with Crippen LogP contribution in [0.25, 0.3) is 0 Å². The first-order chi connectivity index (χ1) is 8.78. The number of hydrazine groups is 1. The topological polar surface area (TPSA) is 48.5 Å². The maximum absolute atomic E-state index is 4.51. The van der Waals surface area contributed by atoms with Gasteiger partial charge in [0.05, 0.1) is 5.04 Å². The standard InChI is InChI=1S/C13H28N4S/c1-5-15-13(18-4)11-12(14-3)9-7-8-10-17-16-6-2/h6,12,14,16-17H,2,5,7-11H2,1,3-4H3. The Bertz CT molecular complexity index is 231. The number of hydrogen-bond donors (Lipinski definition) is 3. The van der Waals surface area contributed by atoms with E-state index in [1.807, 2.05) is 7.05 Å². The molecule has 0 amide bonds. The Balaban J connectivity index is 3.75. The lowest BCUT2D eigenvalue weighted by Crippen LogP contribution is -2.29. The largest absolute Gasteiger partial charge is 0.329 e. The van der Waals surface area contributed by atoms with Crippen LogP contribution in [0.4, 0.5) is 0 Å². The van der Waals surface area contributed by atoms with Gasteiger partial charge in [0.25, 0.3) is 0 Å². The minimum absolute atomic E-state index is 0.537. The second-order valence-corrected chi connectivity index (χ2v) is 4.91. The predicted octanol–water partition coefficient (Wildman–Crippen LogP) is 2.15. The van der Waals surface area contributed by atoms with Gasteiger partial charge < -0.3 is 10.7 Å². The number of aliphatic imine (C=N–C) groups is 1. The second kappa shape index (κ2) is 12.9. The lowest BCUT2D eigenvalue weighted by atomic mass is 10.1. The molecule has 1 atom stereocenters. The number of unbranched alkanes of at least 4 members (excludes halogenated alkanes) is 1. The zero-order valence-electron chi connectivity index (χ0n) is 12.0. The fraction of sp³-hybridized carbons (Fsp3) is 0.769. The first-order valence-corrected chi connectivity index (χ1v) is 7.84. The van der Waals surface area contributed by atoms with Gasteiger partial charge in [-0.3, -0.25) is 4.99 Å². The third-order valence-corrected chi connectivity index (χ3v) is 3.47. The summed E-state index contributed by atoms with van der Waals surface area (Å²) in [5.74, 6) is 0. The highest BCUT2D eigenvalue weighted by Crippen LogP contribution is 2.11. The van der Waals surface area contributed by atoms with Crippen LogP contribution in [-0.4, -0.2) is 37.5 Å². The number of hydrogen-bond acceptors (Lipinski definition) is 5. The van der Waals surface area contributed by atoms with Crippen molar-refractivity contribution < 1.29 is 0 Å². The van der Waals surface area contributed by atoms with Gasteiger partial charge in [0.1, 0.15) is 0 Å². The van der Waals surface area contributed by atoms with Crippen molar-refractivity contribution in [2.45, 2.75) is 38.6 Å². The molecular formula is C13H28N4S. The molecule has 0 aromatic carbocycles. The van der Waals surface area contributed by atoms with Gasteiger partial charge >= 0.3 is 0 Å². The molecule has 106 valence electrons. The van der Waals surface area contributed by atoms with Crippen molar-refractivity contribution >= 4 is 16.8 Å². The molecule has 0 saturated heterocycles. The fourth-order valence-corrected chi connectivity index (χ4v) is 2.32. The summed E-state index contributed by atoms with van der Waals surface area (Å²) in [4.78, 5) is 4.51. The molecule has 0 rings (SSSR count). The fourth-order valence-electron chi connectivity index (χ4n) is 1.70. The van der Waals surface area contributed by atoms with Crippen LogP contribution >= 0.6 is 11.8 Å². The van der Waals surface area contributed by atoms with Crippen LogP contribution in [0.15, 0.2) is 17.8 Å². The van der Waals surface area contributed by atoms with Crippen molar-refractivity contribution in [1.82, 2.24) is 16.2 Å². The van der Waals surface area contributed by atoms with Crippen molar-refractivity contribution in [3.05, 3.63) is 12.8 Å². The predicted molar refractivity (Wildman–Crippen MR) is 84.1 cm³/mol. The van der Waals surface area contributed by atoms with Gasteiger partial charge in [-0.1, -0.05) is 13.0 Å². The zero-order chi connectivity index (χ0) is 13.6. The molecule has 18 heavy (non-hydrogen) atoms. The van der Waals surface area contributed by atoms with Crippen molar-refractivity contribution in [2.24, 2.45) is 4.99 Å². The van der Waals surface area contributed by atoms with Crippen molar-refractivity contribution in [3.8, 4) is 0 Å². The van der Waals surface area contributed by atoms with Crippen LogP contribution < -0.4 is 16.2 Å². The van der Waals surface area contributed by atoms with E-state index in [0.717, 1.165) is 19.5 Å². The average Bonchev–Trinajstić information content (AvgIpc) is 2.40. The van der Waals surface area contributed by atoms with E-state index in [9.17, 15) is 0 Å². The normalized spacial score (nSPS) is 13.4. The highest BCUT2D eigenvalue weighted by molar-refractivity contribution is 8.13. The molecule has 0 heterocycles. The maximum atomic E-state index is 4.51. The Morgan fingerprint density at radius 1 is 1.44 bits per heavy atom. The molecule has 3 N–H and O–H groups in total.